The molecule has 3 aromatic heterocycles. The smallest absolute Gasteiger partial charge is 0.278 e. The van der Waals surface area contributed by atoms with E-state index >= 15 is 0 Å². The second kappa shape index (κ2) is 7.79. The van der Waals surface area contributed by atoms with Crippen molar-refractivity contribution >= 4 is 32.6 Å². The molecule has 1 amide bonds. The van der Waals surface area contributed by atoms with E-state index in [2.05, 4.69) is 10.2 Å². The third-order valence-corrected chi connectivity index (χ3v) is 5.88. The lowest BCUT2D eigenvalue weighted by Gasteiger charge is -2.20. The number of thiazole rings is 1. The van der Waals surface area contributed by atoms with Crippen molar-refractivity contribution in [1.29, 1.82) is 0 Å². The maximum atomic E-state index is 13.5. The predicted octanol–water partition coefficient (Wildman–Crippen LogP) is 3.98. The monoisotopic (exact) mass is 408 g/mol. The molecule has 8 heteroatoms. The van der Waals surface area contributed by atoms with Gasteiger partial charge in [-0.15, -0.1) is 0 Å². The fourth-order valence-corrected chi connectivity index (χ4v) is 4.44. The van der Waals surface area contributed by atoms with Gasteiger partial charge in [-0.05, 0) is 52.0 Å². The first kappa shape index (κ1) is 19.3. The van der Waals surface area contributed by atoms with Gasteiger partial charge in [-0.25, -0.2) is 4.98 Å². The number of anilines is 1. The van der Waals surface area contributed by atoms with Crippen LogP contribution in [0.2, 0.25) is 0 Å². The van der Waals surface area contributed by atoms with Crippen molar-refractivity contribution in [2.24, 2.45) is 0 Å². The molecule has 7 nitrogen and oxygen atoms in total. The number of amides is 1. The van der Waals surface area contributed by atoms with Crippen molar-refractivity contribution in [3.63, 3.8) is 0 Å². The second-order valence-electron chi connectivity index (χ2n) is 7.06. The quantitative estimate of drug-likeness (QED) is 0.484. The summed E-state index contributed by atoms with van der Waals surface area (Å²) < 4.78 is 4.75. The molecule has 0 unspecified atom stereocenters. The highest BCUT2D eigenvalue weighted by molar-refractivity contribution is 7.22. The summed E-state index contributed by atoms with van der Waals surface area (Å²) in [6.07, 6.45) is 0. The third-order valence-electron chi connectivity index (χ3n) is 4.82. The van der Waals surface area contributed by atoms with Crippen LogP contribution in [-0.2, 0) is 13.1 Å². The molecule has 4 rings (SSSR count). The molecule has 0 fully saturated rings. The van der Waals surface area contributed by atoms with Gasteiger partial charge in [0.05, 0.1) is 28.1 Å². The van der Waals surface area contributed by atoms with Crippen molar-refractivity contribution in [3.05, 3.63) is 59.2 Å². The van der Waals surface area contributed by atoms with Crippen LogP contribution >= 0.6 is 11.3 Å². The fraction of sp³-hybridized carbons (Fsp3) is 0.333. The maximum Gasteiger partial charge on any atom is 0.278 e. The molecule has 0 N–H and O–H groups in total. The summed E-state index contributed by atoms with van der Waals surface area (Å²) in [5, 5.41) is 9.67. The number of carbonyl (C=O) groups is 1. The van der Waals surface area contributed by atoms with Gasteiger partial charge in [-0.1, -0.05) is 23.5 Å². The van der Waals surface area contributed by atoms with Crippen molar-refractivity contribution in [1.82, 2.24) is 24.5 Å². The average molecular weight is 409 g/mol. The Morgan fingerprint density at radius 1 is 1.07 bits per heavy atom. The highest BCUT2D eigenvalue weighted by Crippen LogP contribution is 2.29. The molecule has 1 aromatic carbocycles. The number of aromatic nitrogens is 5. The number of aryl methyl sites for hydroxylation is 4. The normalized spacial score (nSPS) is 11.3. The maximum absolute atomic E-state index is 13.5. The summed E-state index contributed by atoms with van der Waals surface area (Å²) >= 11 is 1.53. The number of hydrogen-bond donors (Lipinski definition) is 0. The van der Waals surface area contributed by atoms with Crippen LogP contribution in [0.3, 0.4) is 0 Å². The zero-order chi connectivity index (χ0) is 20.5. The molecule has 0 saturated carbocycles. The van der Waals surface area contributed by atoms with E-state index in [1.807, 2.05) is 68.8 Å². The molecule has 0 atom stereocenters. The molecular formula is C21H24N6OS. The molecule has 0 bridgehead atoms. The molecular weight excluding hydrogens is 384 g/mol. The molecule has 0 saturated heterocycles. The van der Waals surface area contributed by atoms with Gasteiger partial charge in [-0.2, -0.15) is 10.2 Å². The van der Waals surface area contributed by atoms with E-state index in [4.69, 9.17) is 4.98 Å². The summed E-state index contributed by atoms with van der Waals surface area (Å²) in [6.45, 7) is 9.61. The van der Waals surface area contributed by atoms with Crippen LogP contribution in [-0.4, -0.2) is 37.0 Å². The highest BCUT2D eigenvalue weighted by atomic mass is 32.1. The molecule has 4 aromatic rings. The number of rotatable bonds is 6. The van der Waals surface area contributed by atoms with Crippen LogP contribution in [0.4, 0.5) is 5.13 Å². The Bertz CT molecular complexity index is 1140. The van der Waals surface area contributed by atoms with Crippen LogP contribution in [0.15, 0.2) is 36.4 Å². The van der Waals surface area contributed by atoms with E-state index in [-0.39, 0.29) is 5.91 Å². The van der Waals surface area contributed by atoms with Gasteiger partial charge in [0.2, 0.25) is 0 Å². The fourth-order valence-electron chi connectivity index (χ4n) is 3.45. The highest BCUT2D eigenvalue weighted by Gasteiger charge is 2.25. The minimum Gasteiger partial charge on any atom is -0.281 e. The number of nitrogens with zero attached hydrogens (tertiary/aromatic N) is 6. The van der Waals surface area contributed by atoms with E-state index in [1.165, 1.54) is 11.3 Å². The Balaban J connectivity index is 1.71. The van der Waals surface area contributed by atoms with E-state index in [1.54, 1.807) is 9.58 Å². The first-order valence-electron chi connectivity index (χ1n) is 9.69. The van der Waals surface area contributed by atoms with Gasteiger partial charge < -0.3 is 0 Å². The van der Waals surface area contributed by atoms with E-state index in [9.17, 15) is 4.79 Å². The van der Waals surface area contributed by atoms with Crippen LogP contribution < -0.4 is 4.90 Å². The van der Waals surface area contributed by atoms with Gasteiger partial charge in [0.25, 0.3) is 5.91 Å². The third kappa shape index (κ3) is 3.80. The molecule has 0 radical (unpaired) electrons. The zero-order valence-corrected chi connectivity index (χ0v) is 17.9. The van der Waals surface area contributed by atoms with Gasteiger partial charge in [-0.3, -0.25) is 19.1 Å². The van der Waals surface area contributed by atoms with Crippen molar-refractivity contribution in [2.75, 3.05) is 11.4 Å². The zero-order valence-electron chi connectivity index (χ0n) is 17.1. The van der Waals surface area contributed by atoms with E-state index < -0.39 is 0 Å². The largest absolute Gasteiger partial charge is 0.281 e. The lowest BCUT2D eigenvalue weighted by atomic mass is 10.3. The number of carbonyl (C=O) groups excluding carboxylic acids is 1. The molecule has 0 aliphatic rings. The van der Waals surface area contributed by atoms with E-state index in [0.717, 1.165) is 27.3 Å². The van der Waals surface area contributed by atoms with Gasteiger partial charge in [0, 0.05) is 18.8 Å². The Morgan fingerprint density at radius 2 is 1.79 bits per heavy atom. The van der Waals surface area contributed by atoms with Gasteiger partial charge in [0.1, 0.15) is 5.69 Å². The topological polar surface area (TPSA) is 68.8 Å². The van der Waals surface area contributed by atoms with Crippen molar-refractivity contribution in [2.45, 2.75) is 40.8 Å². The van der Waals surface area contributed by atoms with Crippen LogP contribution in [0, 0.1) is 20.8 Å². The lowest BCUT2D eigenvalue weighted by molar-refractivity contribution is 0.0975. The molecule has 0 aliphatic carbocycles. The number of hydrogen-bond acceptors (Lipinski definition) is 5. The average Bonchev–Trinajstić information content (AvgIpc) is 3.37. The SMILES string of the molecule is CCn1nc(C)cc1C(=O)N(CCn1nc(C)cc1C)c1nc2ccccc2s1. The van der Waals surface area contributed by atoms with Gasteiger partial charge in [0.15, 0.2) is 5.13 Å². The molecule has 29 heavy (non-hydrogen) atoms. The standard InChI is InChI=1S/C21H24N6OS/c1-5-26-18(13-15(3)23-26)20(28)25(10-11-27-16(4)12-14(2)24-27)21-22-17-8-6-7-9-19(17)29-21/h6-9,12-13H,5,10-11H2,1-4H3. The molecule has 150 valence electrons. The minimum atomic E-state index is -0.0898. The Hall–Kier alpha value is -3.00. The van der Waals surface area contributed by atoms with Crippen LogP contribution in [0.5, 0.6) is 0 Å². The first-order chi connectivity index (χ1) is 14.0. The lowest BCUT2D eigenvalue weighted by Crippen LogP contribution is -2.35. The Morgan fingerprint density at radius 3 is 2.48 bits per heavy atom. The molecule has 0 aliphatic heterocycles. The summed E-state index contributed by atoms with van der Waals surface area (Å²) in [6, 6.07) is 11.8. The number of fused-ring (bicyclic) bond motifs is 1. The second-order valence-corrected chi connectivity index (χ2v) is 8.07. The summed E-state index contributed by atoms with van der Waals surface area (Å²) in [4.78, 5) is 20.0. The Kier molecular flexibility index (Phi) is 5.19. The van der Waals surface area contributed by atoms with Crippen molar-refractivity contribution < 1.29 is 4.79 Å². The molecule has 0 spiro atoms. The summed E-state index contributed by atoms with van der Waals surface area (Å²) in [5.41, 5.74) is 4.36. The van der Waals surface area contributed by atoms with Crippen LogP contribution in [0.25, 0.3) is 10.2 Å². The first-order valence-corrected chi connectivity index (χ1v) is 10.5. The minimum absolute atomic E-state index is 0.0898. The number of para-hydroxylation sites is 1. The van der Waals surface area contributed by atoms with Crippen molar-refractivity contribution in [3.8, 4) is 0 Å². The summed E-state index contributed by atoms with van der Waals surface area (Å²) in [5.74, 6) is -0.0898. The van der Waals surface area contributed by atoms with Gasteiger partial charge >= 0.3 is 0 Å². The van der Waals surface area contributed by atoms with Crippen LogP contribution in [0.1, 0.15) is 34.5 Å². The summed E-state index contributed by atoms with van der Waals surface area (Å²) in [7, 11) is 0. The van der Waals surface area contributed by atoms with E-state index in [0.29, 0.717) is 30.5 Å². The predicted molar refractivity (Wildman–Crippen MR) is 116 cm³/mol. The Labute approximate surface area is 173 Å². The molecule has 3 heterocycles. The number of benzene rings is 1.